The molecule has 0 saturated heterocycles. The van der Waals surface area contributed by atoms with E-state index >= 15 is 0 Å². The van der Waals surface area contributed by atoms with Gasteiger partial charge in [0.05, 0.1) is 0 Å². The van der Waals surface area contributed by atoms with Gasteiger partial charge in [0.25, 0.3) is 0 Å². The first-order valence-electron chi connectivity index (χ1n) is 7.15. The second kappa shape index (κ2) is 7.76. The summed E-state index contributed by atoms with van der Waals surface area (Å²) in [5.74, 6) is -0.711. The van der Waals surface area contributed by atoms with Crippen molar-refractivity contribution in [1.82, 2.24) is 10.2 Å². The molecule has 1 N–H and O–H groups in total. The minimum Gasteiger partial charge on any atom is -0.344 e. The Hall–Kier alpha value is -1.91. The predicted molar refractivity (Wildman–Crippen MR) is 79.9 cm³/mol. The van der Waals surface area contributed by atoms with E-state index in [1.54, 1.807) is 17.0 Å². The van der Waals surface area contributed by atoms with Crippen molar-refractivity contribution < 1.29 is 14.0 Å². The maximum Gasteiger partial charge on any atom is 0.245 e. The molecule has 0 aliphatic rings. The summed E-state index contributed by atoms with van der Waals surface area (Å²) >= 11 is 0. The second-order valence-corrected chi connectivity index (χ2v) is 5.40. The summed E-state index contributed by atoms with van der Waals surface area (Å²) in [6.07, 6.45) is 0. The van der Waals surface area contributed by atoms with E-state index in [0.717, 1.165) is 5.56 Å². The molecule has 0 aliphatic heterocycles. The molecule has 0 heterocycles. The molecule has 0 bridgehead atoms. The van der Waals surface area contributed by atoms with Crippen LogP contribution >= 0.6 is 0 Å². The van der Waals surface area contributed by atoms with E-state index in [1.807, 2.05) is 20.8 Å². The van der Waals surface area contributed by atoms with Gasteiger partial charge < -0.3 is 10.2 Å². The third-order valence-corrected chi connectivity index (χ3v) is 3.25. The summed E-state index contributed by atoms with van der Waals surface area (Å²) in [6.45, 7) is 7.85. The van der Waals surface area contributed by atoms with Crippen LogP contribution in [0.1, 0.15) is 33.3 Å². The maximum atomic E-state index is 13.2. The molecule has 0 radical (unpaired) electrons. The molecule has 0 aliphatic carbocycles. The molecule has 5 heteroatoms. The molecule has 1 atom stereocenters. The summed E-state index contributed by atoms with van der Waals surface area (Å²) in [7, 11) is 0. The average molecular weight is 294 g/mol. The zero-order valence-corrected chi connectivity index (χ0v) is 13.0. The van der Waals surface area contributed by atoms with Gasteiger partial charge in [-0.1, -0.05) is 26.0 Å². The van der Waals surface area contributed by atoms with Gasteiger partial charge in [0.15, 0.2) is 0 Å². The van der Waals surface area contributed by atoms with Gasteiger partial charge >= 0.3 is 0 Å². The summed E-state index contributed by atoms with van der Waals surface area (Å²) in [5, 5.41) is 2.69. The van der Waals surface area contributed by atoms with Crippen LogP contribution in [0.5, 0.6) is 0 Å². The third kappa shape index (κ3) is 5.17. The Morgan fingerprint density at radius 3 is 2.48 bits per heavy atom. The summed E-state index contributed by atoms with van der Waals surface area (Å²) in [6, 6.07) is 5.63. The fraction of sp³-hybridized carbons (Fsp3) is 0.500. The minimum absolute atomic E-state index is 0.0111. The van der Waals surface area contributed by atoms with Crippen molar-refractivity contribution in [2.75, 3.05) is 6.54 Å². The highest BCUT2D eigenvalue weighted by atomic mass is 19.1. The number of benzene rings is 1. The molecule has 0 aromatic heterocycles. The van der Waals surface area contributed by atoms with Crippen LogP contribution in [-0.4, -0.2) is 29.3 Å². The van der Waals surface area contributed by atoms with Gasteiger partial charge in [-0.25, -0.2) is 4.39 Å². The van der Waals surface area contributed by atoms with Gasteiger partial charge in [-0.15, -0.1) is 0 Å². The van der Waals surface area contributed by atoms with Crippen LogP contribution in [0.15, 0.2) is 24.3 Å². The lowest BCUT2D eigenvalue weighted by Crippen LogP contribution is -2.50. The van der Waals surface area contributed by atoms with Crippen molar-refractivity contribution in [2.45, 2.75) is 40.3 Å². The molecule has 1 aromatic rings. The lowest BCUT2D eigenvalue weighted by Gasteiger charge is -2.29. The molecule has 2 amide bonds. The van der Waals surface area contributed by atoms with Crippen LogP contribution in [0.25, 0.3) is 0 Å². The van der Waals surface area contributed by atoms with Gasteiger partial charge in [0.1, 0.15) is 11.9 Å². The Balaban J connectivity index is 2.86. The number of nitrogens with zero attached hydrogens (tertiary/aromatic N) is 1. The number of amides is 2. The Morgan fingerprint density at radius 1 is 1.33 bits per heavy atom. The molecule has 1 aromatic carbocycles. The summed E-state index contributed by atoms with van der Waals surface area (Å²) in [5.41, 5.74) is 0.732. The molecule has 4 nitrogen and oxygen atoms in total. The highest BCUT2D eigenvalue weighted by Crippen LogP contribution is 2.11. The number of hydrogen-bond donors (Lipinski definition) is 1. The van der Waals surface area contributed by atoms with Crippen LogP contribution < -0.4 is 5.32 Å². The predicted octanol–water partition coefficient (Wildman–Crippen LogP) is 2.33. The van der Waals surface area contributed by atoms with E-state index < -0.39 is 6.04 Å². The lowest BCUT2D eigenvalue weighted by molar-refractivity contribution is -0.137. The van der Waals surface area contributed by atoms with Gasteiger partial charge in [-0.05, 0) is 30.5 Å². The van der Waals surface area contributed by atoms with Gasteiger partial charge in [0.2, 0.25) is 11.8 Å². The monoisotopic (exact) mass is 294 g/mol. The molecular weight excluding hydrogens is 271 g/mol. The zero-order chi connectivity index (χ0) is 16.0. The quantitative estimate of drug-likeness (QED) is 0.875. The van der Waals surface area contributed by atoms with Gasteiger partial charge in [-0.3, -0.25) is 9.59 Å². The van der Waals surface area contributed by atoms with Crippen molar-refractivity contribution in [3.63, 3.8) is 0 Å². The second-order valence-electron chi connectivity index (χ2n) is 5.40. The van der Waals surface area contributed by atoms with Crippen LogP contribution in [0, 0.1) is 11.7 Å². The SMILES string of the molecule is CCN(Cc1cccc(F)c1)C(=O)C(NC(C)=O)C(C)C. The van der Waals surface area contributed by atoms with E-state index in [9.17, 15) is 14.0 Å². The topological polar surface area (TPSA) is 49.4 Å². The van der Waals surface area contributed by atoms with E-state index in [0.29, 0.717) is 13.1 Å². The summed E-state index contributed by atoms with van der Waals surface area (Å²) in [4.78, 5) is 25.4. The molecular formula is C16H23FN2O2. The fourth-order valence-corrected chi connectivity index (χ4v) is 2.13. The highest BCUT2D eigenvalue weighted by Gasteiger charge is 2.27. The van der Waals surface area contributed by atoms with Crippen molar-refractivity contribution in [3.8, 4) is 0 Å². The number of rotatable bonds is 6. The molecule has 1 rings (SSSR count). The lowest BCUT2D eigenvalue weighted by atomic mass is 10.0. The number of carbonyl (C=O) groups excluding carboxylic acids is 2. The van der Waals surface area contributed by atoms with Gasteiger partial charge in [0, 0.05) is 20.0 Å². The Labute approximate surface area is 125 Å². The smallest absolute Gasteiger partial charge is 0.245 e. The maximum absolute atomic E-state index is 13.2. The molecule has 1 unspecified atom stereocenters. The van der Waals surface area contributed by atoms with Crippen molar-refractivity contribution in [2.24, 2.45) is 5.92 Å². The fourth-order valence-electron chi connectivity index (χ4n) is 2.13. The van der Waals surface area contributed by atoms with Crippen molar-refractivity contribution >= 4 is 11.8 Å². The van der Waals surface area contributed by atoms with E-state index in [1.165, 1.54) is 19.1 Å². The van der Waals surface area contributed by atoms with Crippen LogP contribution in [0.3, 0.4) is 0 Å². The number of nitrogens with one attached hydrogen (secondary N) is 1. The first kappa shape index (κ1) is 17.1. The normalized spacial score (nSPS) is 12.1. The zero-order valence-electron chi connectivity index (χ0n) is 13.0. The summed E-state index contributed by atoms with van der Waals surface area (Å²) < 4.78 is 13.2. The molecule has 0 spiro atoms. The first-order valence-corrected chi connectivity index (χ1v) is 7.15. The molecule has 116 valence electrons. The third-order valence-electron chi connectivity index (χ3n) is 3.25. The van der Waals surface area contributed by atoms with E-state index in [4.69, 9.17) is 0 Å². The Bertz CT molecular complexity index is 503. The average Bonchev–Trinajstić information content (AvgIpc) is 2.41. The van der Waals surface area contributed by atoms with E-state index in [-0.39, 0.29) is 23.5 Å². The number of hydrogen-bond acceptors (Lipinski definition) is 2. The molecule has 0 fully saturated rings. The van der Waals surface area contributed by atoms with Crippen molar-refractivity contribution in [3.05, 3.63) is 35.6 Å². The van der Waals surface area contributed by atoms with Crippen LogP contribution in [0.2, 0.25) is 0 Å². The number of likely N-dealkylation sites (N-methyl/N-ethyl adjacent to an activating group) is 1. The van der Waals surface area contributed by atoms with Crippen molar-refractivity contribution in [1.29, 1.82) is 0 Å². The Morgan fingerprint density at radius 2 is 2.00 bits per heavy atom. The minimum atomic E-state index is -0.559. The first-order chi connectivity index (χ1) is 9.85. The highest BCUT2D eigenvalue weighted by molar-refractivity contribution is 5.87. The number of halogens is 1. The number of carbonyl (C=O) groups is 2. The van der Waals surface area contributed by atoms with Crippen LogP contribution in [-0.2, 0) is 16.1 Å². The van der Waals surface area contributed by atoms with E-state index in [2.05, 4.69) is 5.32 Å². The standard InChI is InChI=1S/C16H23FN2O2/c1-5-19(10-13-7-6-8-14(17)9-13)16(21)15(11(2)3)18-12(4)20/h6-9,11,15H,5,10H2,1-4H3,(H,18,20). The Kier molecular flexibility index (Phi) is 6.34. The largest absolute Gasteiger partial charge is 0.344 e. The van der Waals surface area contributed by atoms with Gasteiger partial charge in [-0.2, -0.15) is 0 Å². The van der Waals surface area contributed by atoms with Crippen LogP contribution in [0.4, 0.5) is 4.39 Å². The molecule has 0 saturated carbocycles. The molecule has 21 heavy (non-hydrogen) atoms.